The van der Waals surface area contributed by atoms with E-state index >= 15 is 0 Å². The molecule has 0 radical (unpaired) electrons. The lowest BCUT2D eigenvalue weighted by atomic mass is 10.1. The first-order valence-corrected chi connectivity index (χ1v) is 5.28. The maximum absolute atomic E-state index is 9.58. The highest BCUT2D eigenvalue weighted by Gasteiger charge is 2.21. The van der Waals surface area contributed by atoms with Crippen LogP contribution in [-0.4, -0.2) is 59.3 Å². The van der Waals surface area contributed by atoms with Gasteiger partial charge >= 0.3 is 0 Å². The van der Waals surface area contributed by atoms with Crippen LogP contribution in [0, 0.1) is 0 Å². The molecule has 0 amide bonds. The van der Waals surface area contributed by atoms with E-state index < -0.39 is 24.8 Å². The van der Waals surface area contributed by atoms with Gasteiger partial charge in [-0.2, -0.15) is 0 Å². The number of rotatable bonds is 6. The second-order valence-electron chi connectivity index (χ2n) is 3.90. The smallest absolute Gasteiger partial charge is 0.275 e. The van der Waals surface area contributed by atoms with Gasteiger partial charge in [-0.25, -0.2) is 0 Å². The van der Waals surface area contributed by atoms with Gasteiger partial charge in [0.15, 0.2) is 0 Å². The Kier molecular flexibility index (Phi) is 5.08. The molecule has 0 bridgehead atoms. The summed E-state index contributed by atoms with van der Waals surface area (Å²) in [4.78, 5) is 7.69. The molecule has 8 nitrogen and oxygen atoms in total. The van der Waals surface area contributed by atoms with Crippen LogP contribution < -0.4 is 0 Å². The molecule has 1 aromatic rings. The van der Waals surface area contributed by atoms with Crippen LogP contribution in [0.2, 0.25) is 0 Å². The predicted octanol–water partition coefficient (Wildman–Crippen LogP) is -2.57. The lowest BCUT2D eigenvalue weighted by Gasteiger charge is -2.16. The Balaban J connectivity index is 2.73. The first kappa shape index (κ1) is 14.9. The molecule has 1 rings (SSSR count). The lowest BCUT2D eigenvalue weighted by Crippen LogP contribution is -2.28. The number of aliphatic hydroxyl groups is 6. The molecular formula is C10H16N2O6. The third kappa shape index (κ3) is 4.61. The van der Waals surface area contributed by atoms with Crippen LogP contribution in [0.5, 0.6) is 0 Å². The first-order chi connectivity index (χ1) is 8.33. The second kappa shape index (κ2) is 6.14. The molecule has 102 valence electrons. The summed E-state index contributed by atoms with van der Waals surface area (Å²) in [6, 6.07) is 0. The van der Waals surface area contributed by atoms with Gasteiger partial charge in [0.25, 0.3) is 5.97 Å². The van der Waals surface area contributed by atoms with Crippen molar-refractivity contribution in [3.05, 3.63) is 23.8 Å². The Labute approximate surface area is 103 Å². The SMILES string of the molecule is OCC(O)C(O)c1cncc(CCC(O)(O)O)n1. The standard InChI is InChI=1S/C10H16N2O6/c13-5-8(14)9(15)7-4-11-3-6(12-7)1-2-10(16,17)18/h3-4,8-9,13-18H,1-2,5H2. The highest BCUT2D eigenvalue weighted by Crippen LogP contribution is 2.15. The molecule has 0 aliphatic carbocycles. The molecule has 8 heteroatoms. The van der Waals surface area contributed by atoms with Gasteiger partial charge in [-0.05, 0) is 6.42 Å². The summed E-state index contributed by atoms with van der Waals surface area (Å²) in [5.74, 6) is -2.79. The quantitative estimate of drug-likeness (QED) is 0.306. The van der Waals surface area contributed by atoms with Gasteiger partial charge in [0.2, 0.25) is 0 Å². The van der Waals surface area contributed by atoms with E-state index in [0.717, 1.165) is 0 Å². The Morgan fingerprint density at radius 1 is 1.17 bits per heavy atom. The summed E-state index contributed by atoms with van der Waals surface area (Å²) in [6.07, 6.45) is -0.563. The van der Waals surface area contributed by atoms with Crippen molar-refractivity contribution in [2.24, 2.45) is 0 Å². The molecule has 0 aromatic carbocycles. The van der Waals surface area contributed by atoms with Gasteiger partial charge < -0.3 is 30.6 Å². The molecule has 6 N–H and O–H groups in total. The van der Waals surface area contributed by atoms with E-state index in [1.165, 1.54) is 12.4 Å². The number of aromatic nitrogens is 2. The number of nitrogens with zero attached hydrogens (tertiary/aromatic N) is 2. The number of hydrogen-bond donors (Lipinski definition) is 6. The van der Waals surface area contributed by atoms with Crippen molar-refractivity contribution in [2.75, 3.05) is 6.61 Å². The van der Waals surface area contributed by atoms with Crippen LogP contribution in [-0.2, 0) is 6.42 Å². The zero-order valence-corrected chi connectivity index (χ0v) is 9.51. The third-order valence-corrected chi connectivity index (χ3v) is 2.27. The van der Waals surface area contributed by atoms with Crippen LogP contribution >= 0.6 is 0 Å². The van der Waals surface area contributed by atoms with Gasteiger partial charge in [0.05, 0.1) is 24.2 Å². The minimum atomic E-state index is -2.79. The Morgan fingerprint density at radius 3 is 2.39 bits per heavy atom. The average Bonchev–Trinajstić information content (AvgIpc) is 2.34. The zero-order chi connectivity index (χ0) is 13.8. The van der Waals surface area contributed by atoms with E-state index in [2.05, 4.69) is 9.97 Å². The first-order valence-electron chi connectivity index (χ1n) is 5.28. The van der Waals surface area contributed by atoms with E-state index in [9.17, 15) is 10.2 Å². The van der Waals surface area contributed by atoms with Crippen molar-refractivity contribution in [2.45, 2.75) is 31.0 Å². The molecule has 0 aliphatic heterocycles. The van der Waals surface area contributed by atoms with Crippen LogP contribution in [0.25, 0.3) is 0 Å². The maximum Gasteiger partial charge on any atom is 0.275 e. The maximum atomic E-state index is 9.58. The van der Waals surface area contributed by atoms with Crippen molar-refractivity contribution >= 4 is 0 Å². The zero-order valence-electron chi connectivity index (χ0n) is 9.51. The molecule has 2 unspecified atom stereocenters. The highest BCUT2D eigenvalue weighted by atomic mass is 16.7. The molecule has 0 saturated carbocycles. The van der Waals surface area contributed by atoms with Gasteiger partial charge in [0, 0.05) is 12.6 Å². The van der Waals surface area contributed by atoms with Crippen molar-refractivity contribution in [3.63, 3.8) is 0 Å². The Morgan fingerprint density at radius 2 is 1.83 bits per heavy atom. The highest BCUT2D eigenvalue weighted by molar-refractivity contribution is 5.07. The number of hydrogen-bond acceptors (Lipinski definition) is 8. The molecule has 0 fully saturated rings. The van der Waals surface area contributed by atoms with E-state index in [-0.39, 0.29) is 18.5 Å². The summed E-state index contributed by atoms with van der Waals surface area (Å²) in [5, 5.41) is 53.7. The minimum absolute atomic E-state index is 0.0201. The topological polar surface area (TPSA) is 147 Å². The number of aryl methyl sites for hydroxylation is 1. The fourth-order valence-electron chi connectivity index (χ4n) is 1.28. The molecule has 0 aliphatic rings. The van der Waals surface area contributed by atoms with Crippen LogP contribution in [0.15, 0.2) is 12.4 Å². The molecule has 1 heterocycles. The van der Waals surface area contributed by atoms with E-state index in [1.54, 1.807) is 0 Å². The van der Waals surface area contributed by atoms with Gasteiger partial charge in [0.1, 0.15) is 12.2 Å². The molecule has 2 atom stereocenters. The van der Waals surface area contributed by atoms with Crippen molar-refractivity contribution in [1.29, 1.82) is 0 Å². The van der Waals surface area contributed by atoms with Gasteiger partial charge in [-0.3, -0.25) is 9.97 Å². The number of aliphatic hydroxyl groups excluding tert-OH is 3. The molecule has 1 aromatic heterocycles. The van der Waals surface area contributed by atoms with Crippen LogP contribution in [0.4, 0.5) is 0 Å². The second-order valence-corrected chi connectivity index (χ2v) is 3.90. The van der Waals surface area contributed by atoms with Gasteiger partial charge in [-0.15, -0.1) is 0 Å². The molecular weight excluding hydrogens is 244 g/mol. The summed E-state index contributed by atoms with van der Waals surface area (Å²) in [5.41, 5.74) is 0.353. The molecule has 0 saturated heterocycles. The predicted molar refractivity (Wildman–Crippen MR) is 57.8 cm³/mol. The fraction of sp³-hybridized carbons (Fsp3) is 0.600. The van der Waals surface area contributed by atoms with Crippen molar-refractivity contribution in [3.8, 4) is 0 Å². The Bertz CT molecular complexity index is 381. The molecule has 18 heavy (non-hydrogen) atoms. The normalized spacial score (nSPS) is 15.4. The summed E-state index contributed by atoms with van der Waals surface area (Å²) in [7, 11) is 0. The third-order valence-electron chi connectivity index (χ3n) is 2.27. The van der Waals surface area contributed by atoms with Crippen molar-refractivity contribution < 1.29 is 30.6 Å². The fourth-order valence-corrected chi connectivity index (χ4v) is 1.28. The Hall–Kier alpha value is -1.16. The summed E-state index contributed by atoms with van der Waals surface area (Å²) in [6.45, 7) is -0.625. The lowest BCUT2D eigenvalue weighted by molar-refractivity contribution is -0.314. The average molecular weight is 260 g/mol. The summed E-state index contributed by atoms with van der Waals surface area (Å²) >= 11 is 0. The minimum Gasteiger partial charge on any atom is -0.394 e. The van der Waals surface area contributed by atoms with Crippen molar-refractivity contribution in [1.82, 2.24) is 9.97 Å². The van der Waals surface area contributed by atoms with Crippen LogP contribution in [0.3, 0.4) is 0 Å². The van der Waals surface area contributed by atoms with E-state index in [0.29, 0.717) is 5.69 Å². The van der Waals surface area contributed by atoms with Crippen LogP contribution in [0.1, 0.15) is 23.9 Å². The van der Waals surface area contributed by atoms with Gasteiger partial charge in [-0.1, -0.05) is 0 Å². The van der Waals surface area contributed by atoms with E-state index in [1.807, 2.05) is 0 Å². The largest absolute Gasteiger partial charge is 0.394 e. The summed E-state index contributed by atoms with van der Waals surface area (Å²) < 4.78 is 0. The van der Waals surface area contributed by atoms with E-state index in [4.69, 9.17) is 20.4 Å². The molecule has 0 spiro atoms. The monoisotopic (exact) mass is 260 g/mol.